The lowest BCUT2D eigenvalue weighted by Gasteiger charge is -2.05. The van der Waals surface area contributed by atoms with E-state index in [1.54, 1.807) is 6.20 Å². The van der Waals surface area contributed by atoms with Crippen molar-refractivity contribution in [2.75, 3.05) is 7.11 Å². The number of halogens is 1. The van der Waals surface area contributed by atoms with Crippen LogP contribution in [0.2, 0.25) is 5.02 Å². The van der Waals surface area contributed by atoms with Crippen molar-refractivity contribution in [3.05, 3.63) is 59.3 Å². The molecular formula is C18H14ClN5O3. The number of aromatic nitrogens is 4. The van der Waals surface area contributed by atoms with Gasteiger partial charge in [0.2, 0.25) is 5.88 Å². The van der Waals surface area contributed by atoms with Gasteiger partial charge >= 0.3 is 0 Å². The van der Waals surface area contributed by atoms with E-state index in [2.05, 4.69) is 29.9 Å². The third-order valence-corrected chi connectivity index (χ3v) is 4.30. The van der Waals surface area contributed by atoms with Crippen molar-refractivity contribution in [3.63, 3.8) is 0 Å². The normalized spacial score (nSPS) is 10.9. The van der Waals surface area contributed by atoms with Crippen LogP contribution in [0.3, 0.4) is 0 Å². The van der Waals surface area contributed by atoms with Crippen molar-refractivity contribution in [2.45, 2.75) is 6.54 Å². The first-order chi connectivity index (χ1) is 13.1. The predicted molar refractivity (Wildman–Crippen MR) is 98.6 cm³/mol. The second-order valence-electron chi connectivity index (χ2n) is 5.73. The SMILES string of the molecule is COc1cnc(-c2cc3[nH]c(CNC(=O)c4ccon4)cc3cc2Cl)cn1. The summed E-state index contributed by atoms with van der Waals surface area (Å²) >= 11 is 6.41. The molecule has 0 saturated carbocycles. The summed E-state index contributed by atoms with van der Waals surface area (Å²) in [5, 5.41) is 7.86. The van der Waals surface area contributed by atoms with Crippen LogP contribution in [0.25, 0.3) is 22.2 Å². The molecule has 0 aliphatic heterocycles. The number of carbonyl (C=O) groups excluding carboxylic acids is 1. The molecule has 136 valence electrons. The van der Waals surface area contributed by atoms with E-state index in [1.165, 1.54) is 25.6 Å². The molecular weight excluding hydrogens is 370 g/mol. The van der Waals surface area contributed by atoms with Crippen LogP contribution in [0.1, 0.15) is 16.2 Å². The van der Waals surface area contributed by atoms with E-state index < -0.39 is 0 Å². The first-order valence-electron chi connectivity index (χ1n) is 8.00. The summed E-state index contributed by atoms with van der Waals surface area (Å²) < 4.78 is 9.69. The fourth-order valence-electron chi connectivity index (χ4n) is 2.66. The van der Waals surface area contributed by atoms with Gasteiger partial charge in [-0.25, -0.2) is 9.97 Å². The van der Waals surface area contributed by atoms with Gasteiger partial charge in [-0.2, -0.15) is 0 Å². The van der Waals surface area contributed by atoms with Gasteiger partial charge in [0.25, 0.3) is 5.91 Å². The molecule has 0 fully saturated rings. The molecule has 3 heterocycles. The maximum atomic E-state index is 11.9. The number of benzene rings is 1. The van der Waals surface area contributed by atoms with Gasteiger partial charge in [-0.3, -0.25) is 4.79 Å². The fourth-order valence-corrected chi connectivity index (χ4v) is 2.93. The van der Waals surface area contributed by atoms with Crippen LogP contribution in [-0.4, -0.2) is 33.1 Å². The van der Waals surface area contributed by atoms with E-state index in [0.29, 0.717) is 23.1 Å². The zero-order chi connectivity index (χ0) is 18.8. The van der Waals surface area contributed by atoms with Gasteiger partial charge < -0.3 is 19.6 Å². The quantitative estimate of drug-likeness (QED) is 0.548. The van der Waals surface area contributed by atoms with Crippen molar-refractivity contribution in [1.82, 2.24) is 25.4 Å². The Morgan fingerprint density at radius 1 is 1.30 bits per heavy atom. The van der Waals surface area contributed by atoms with Crippen molar-refractivity contribution < 1.29 is 14.1 Å². The molecule has 0 spiro atoms. The van der Waals surface area contributed by atoms with Gasteiger partial charge in [0.15, 0.2) is 5.69 Å². The second-order valence-corrected chi connectivity index (χ2v) is 6.13. The molecule has 0 aliphatic rings. The third kappa shape index (κ3) is 3.47. The number of fused-ring (bicyclic) bond motifs is 1. The number of hydrogen-bond acceptors (Lipinski definition) is 6. The number of ether oxygens (including phenoxy) is 1. The lowest BCUT2D eigenvalue weighted by molar-refractivity contribution is 0.0941. The minimum atomic E-state index is -0.311. The van der Waals surface area contributed by atoms with Gasteiger partial charge in [0, 0.05) is 28.2 Å². The number of nitrogens with zero attached hydrogens (tertiary/aromatic N) is 3. The molecule has 0 aliphatic carbocycles. The summed E-state index contributed by atoms with van der Waals surface area (Å²) in [6.45, 7) is 0.315. The van der Waals surface area contributed by atoms with E-state index >= 15 is 0 Å². The highest BCUT2D eigenvalue weighted by atomic mass is 35.5. The highest BCUT2D eigenvalue weighted by Crippen LogP contribution is 2.31. The Bertz CT molecular complexity index is 1090. The van der Waals surface area contributed by atoms with Gasteiger partial charge in [-0.05, 0) is 18.2 Å². The van der Waals surface area contributed by atoms with Crippen LogP contribution in [0.4, 0.5) is 0 Å². The van der Waals surface area contributed by atoms with Crippen molar-refractivity contribution in [3.8, 4) is 17.1 Å². The van der Waals surface area contributed by atoms with Crippen LogP contribution in [0, 0.1) is 0 Å². The monoisotopic (exact) mass is 383 g/mol. The Balaban J connectivity index is 1.58. The summed E-state index contributed by atoms with van der Waals surface area (Å²) in [6.07, 6.45) is 4.49. The van der Waals surface area contributed by atoms with Crippen molar-refractivity contribution in [1.29, 1.82) is 0 Å². The topological polar surface area (TPSA) is 106 Å². The molecule has 1 aromatic carbocycles. The maximum absolute atomic E-state index is 11.9. The van der Waals surface area contributed by atoms with Crippen LogP contribution in [0.15, 0.2) is 47.4 Å². The highest BCUT2D eigenvalue weighted by Gasteiger charge is 2.12. The summed E-state index contributed by atoms with van der Waals surface area (Å²) in [7, 11) is 1.53. The summed E-state index contributed by atoms with van der Waals surface area (Å²) in [6, 6.07) is 7.17. The molecule has 1 amide bonds. The van der Waals surface area contributed by atoms with Crippen molar-refractivity contribution in [2.24, 2.45) is 0 Å². The number of rotatable bonds is 5. The van der Waals surface area contributed by atoms with Gasteiger partial charge in [-0.1, -0.05) is 16.8 Å². The fraction of sp³-hybridized carbons (Fsp3) is 0.111. The molecule has 9 heteroatoms. The minimum Gasteiger partial charge on any atom is -0.480 e. The number of methoxy groups -OCH3 is 1. The molecule has 2 N–H and O–H groups in total. The molecule has 27 heavy (non-hydrogen) atoms. The van der Waals surface area contributed by atoms with E-state index in [-0.39, 0.29) is 11.6 Å². The van der Waals surface area contributed by atoms with Crippen LogP contribution in [-0.2, 0) is 6.54 Å². The Hall–Kier alpha value is -3.39. The van der Waals surface area contributed by atoms with Gasteiger partial charge in [0.05, 0.1) is 36.8 Å². The molecule has 0 radical (unpaired) electrons. The predicted octanol–water partition coefficient (Wildman–Crippen LogP) is 3.20. The number of H-pyrrole nitrogens is 1. The van der Waals surface area contributed by atoms with Gasteiger partial charge in [0.1, 0.15) is 6.26 Å². The number of amides is 1. The highest BCUT2D eigenvalue weighted by molar-refractivity contribution is 6.34. The first kappa shape index (κ1) is 17.0. The zero-order valence-electron chi connectivity index (χ0n) is 14.2. The second kappa shape index (κ2) is 7.08. The van der Waals surface area contributed by atoms with Crippen LogP contribution < -0.4 is 10.1 Å². The standard InChI is InChI=1S/C18H14ClN5O3/c1-26-17-9-20-16(8-21-17)12-6-15-10(5-13(12)19)4-11(23-15)7-22-18(25)14-2-3-27-24-14/h2-6,8-9,23H,7H2,1H3,(H,22,25). The molecule has 0 bridgehead atoms. The molecule has 4 aromatic rings. The number of aromatic amines is 1. The third-order valence-electron chi connectivity index (χ3n) is 3.99. The summed E-state index contributed by atoms with van der Waals surface area (Å²) in [4.78, 5) is 23.7. The summed E-state index contributed by atoms with van der Waals surface area (Å²) in [5.41, 5.74) is 3.32. The Kier molecular flexibility index (Phi) is 4.47. The van der Waals surface area contributed by atoms with Crippen molar-refractivity contribution >= 4 is 28.4 Å². The smallest absolute Gasteiger partial charge is 0.273 e. The molecule has 8 nitrogen and oxygen atoms in total. The lowest BCUT2D eigenvalue weighted by Crippen LogP contribution is -2.23. The van der Waals surface area contributed by atoms with Gasteiger partial charge in [-0.15, -0.1) is 0 Å². The van der Waals surface area contributed by atoms with E-state index in [1.807, 2.05) is 18.2 Å². The number of carbonyl (C=O) groups is 1. The largest absolute Gasteiger partial charge is 0.480 e. The van der Waals surface area contributed by atoms with E-state index in [0.717, 1.165) is 22.2 Å². The Morgan fingerprint density at radius 2 is 2.19 bits per heavy atom. The van der Waals surface area contributed by atoms with E-state index in [4.69, 9.17) is 16.3 Å². The molecule has 3 aromatic heterocycles. The number of hydrogen-bond donors (Lipinski definition) is 2. The van der Waals surface area contributed by atoms with Crippen LogP contribution >= 0.6 is 11.6 Å². The molecule has 0 saturated heterocycles. The van der Waals surface area contributed by atoms with E-state index in [9.17, 15) is 4.79 Å². The average Bonchev–Trinajstić information content (AvgIpc) is 3.35. The zero-order valence-corrected chi connectivity index (χ0v) is 14.9. The maximum Gasteiger partial charge on any atom is 0.273 e. The minimum absolute atomic E-state index is 0.231. The summed E-state index contributed by atoms with van der Waals surface area (Å²) in [5.74, 6) is 0.121. The van der Waals surface area contributed by atoms with Crippen LogP contribution in [0.5, 0.6) is 5.88 Å². The Morgan fingerprint density at radius 3 is 2.89 bits per heavy atom. The lowest BCUT2D eigenvalue weighted by atomic mass is 10.1. The molecule has 0 atom stereocenters. The first-order valence-corrected chi connectivity index (χ1v) is 8.38. The number of nitrogens with one attached hydrogen (secondary N) is 2. The molecule has 0 unspecified atom stereocenters. The molecule has 4 rings (SSSR count). The average molecular weight is 384 g/mol. The Labute approximate surface area is 158 Å².